The lowest BCUT2D eigenvalue weighted by molar-refractivity contribution is 0.627. The molecule has 0 amide bonds. The van der Waals surface area contributed by atoms with Crippen molar-refractivity contribution in [2.45, 2.75) is 58.8 Å². The summed E-state index contributed by atoms with van der Waals surface area (Å²) in [6, 6.07) is 8.81. The number of fused-ring (bicyclic) bond motifs is 1. The normalized spacial score (nSPS) is 12.8. The number of hydrogen-bond donors (Lipinski definition) is 0. The second kappa shape index (κ2) is 7.89. The molecular weight excluding hydrogens is 252 g/mol. The van der Waals surface area contributed by atoms with Crippen LogP contribution >= 0.6 is 0 Å². The predicted octanol–water partition coefficient (Wildman–Crippen LogP) is 6.24. The van der Waals surface area contributed by atoms with Gasteiger partial charge in [0.2, 0.25) is 0 Å². The van der Waals surface area contributed by atoms with Crippen LogP contribution in [0.25, 0.3) is 11.1 Å². The van der Waals surface area contributed by atoms with Crippen molar-refractivity contribution in [3.63, 3.8) is 0 Å². The third-order valence-corrected chi connectivity index (χ3v) is 4.19. The molecular formula is C21H26. The third kappa shape index (κ3) is 4.11. The fourth-order valence-electron chi connectivity index (χ4n) is 3.02. The van der Waals surface area contributed by atoms with Gasteiger partial charge in [0.1, 0.15) is 0 Å². The first-order valence-corrected chi connectivity index (χ1v) is 8.15. The molecule has 0 saturated carbocycles. The maximum absolute atomic E-state index is 5.27. The van der Waals surface area contributed by atoms with Crippen LogP contribution in [0.2, 0.25) is 0 Å². The van der Waals surface area contributed by atoms with Crippen molar-refractivity contribution in [3.8, 4) is 12.3 Å². The van der Waals surface area contributed by atoms with Gasteiger partial charge in [-0.25, -0.2) is 0 Å². The molecule has 0 fully saturated rings. The Kier molecular flexibility index (Phi) is 5.88. The Morgan fingerprint density at radius 2 is 1.62 bits per heavy atom. The molecule has 0 radical (unpaired) electrons. The first kappa shape index (κ1) is 15.6. The molecule has 0 aliphatic heterocycles. The van der Waals surface area contributed by atoms with Crippen LogP contribution in [0.4, 0.5) is 0 Å². The summed E-state index contributed by atoms with van der Waals surface area (Å²) >= 11 is 0. The highest BCUT2D eigenvalue weighted by molar-refractivity contribution is 5.96. The van der Waals surface area contributed by atoms with E-state index in [2.05, 4.69) is 50.1 Å². The molecule has 0 atom stereocenters. The molecule has 0 nitrogen and oxygen atoms in total. The summed E-state index contributed by atoms with van der Waals surface area (Å²) in [6.45, 7) is 4.41. The fraction of sp³-hybridized carbons (Fsp3) is 0.429. The lowest BCUT2D eigenvalue weighted by Crippen LogP contribution is -1.86. The average molecular weight is 278 g/mol. The van der Waals surface area contributed by atoms with Gasteiger partial charge in [0.15, 0.2) is 0 Å². The van der Waals surface area contributed by atoms with Gasteiger partial charge in [0.25, 0.3) is 0 Å². The lowest BCUT2D eigenvalue weighted by Gasteiger charge is -2.06. The first-order valence-electron chi connectivity index (χ1n) is 8.15. The molecule has 0 N–H and O–H groups in total. The van der Waals surface area contributed by atoms with Gasteiger partial charge >= 0.3 is 0 Å². The quantitative estimate of drug-likeness (QED) is 0.409. The zero-order chi connectivity index (χ0) is 15.1. The Morgan fingerprint density at radius 3 is 2.33 bits per heavy atom. The highest BCUT2D eigenvalue weighted by Gasteiger charge is 2.17. The summed E-state index contributed by atoms with van der Waals surface area (Å²) in [5.41, 5.74) is 7.22. The molecule has 1 aromatic rings. The van der Waals surface area contributed by atoms with Gasteiger partial charge in [-0.15, -0.1) is 12.3 Å². The maximum atomic E-state index is 5.27. The summed E-state index contributed by atoms with van der Waals surface area (Å²) in [6.07, 6.45) is 16.2. The predicted molar refractivity (Wildman–Crippen MR) is 93.8 cm³/mol. The van der Waals surface area contributed by atoms with E-state index in [4.69, 9.17) is 6.42 Å². The Morgan fingerprint density at radius 1 is 0.952 bits per heavy atom. The van der Waals surface area contributed by atoms with Gasteiger partial charge < -0.3 is 0 Å². The molecule has 1 aliphatic carbocycles. The van der Waals surface area contributed by atoms with E-state index < -0.39 is 0 Å². The summed E-state index contributed by atoms with van der Waals surface area (Å²) in [7, 11) is 0. The zero-order valence-electron chi connectivity index (χ0n) is 13.4. The Balaban J connectivity index is 1.88. The van der Waals surface area contributed by atoms with Crippen molar-refractivity contribution in [1.82, 2.24) is 0 Å². The number of allylic oxidation sites excluding steroid dienone is 4. The van der Waals surface area contributed by atoms with Gasteiger partial charge in [-0.05, 0) is 55.4 Å². The van der Waals surface area contributed by atoms with E-state index in [1.54, 1.807) is 0 Å². The van der Waals surface area contributed by atoms with Gasteiger partial charge in [0, 0.05) is 6.42 Å². The van der Waals surface area contributed by atoms with Crippen molar-refractivity contribution in [1.29, 1.82) is 0 Å². The Bertz CT molecular complexity index is 574. The number of benzene rings is 1. The standard InChI is InChI=1S/C21H26/c1-4-5-6-7-8-9-10-13-18-16-21(17(2)3)20-15-12-11-14-19(18)20/h1,11-12,14-16H,5-10,13H2,2-3H3. The monoisotopic (exact) mass is 278 g/mol. The molecule has 2 rings (SSSR count). The minimum Gasteiger partial charge on any atom is -0.120 e. The molecule has 21 heavy (non-hydrogen) atoms. The van der Waals surface area contributed by atoms with Crippen LogP contribution in [0, 0.1) is 12.3 Å². The molecule has 0 aromatic heterocycles. The number of unbranched alkanes of at least 4 members (excludes halogenated alkanes) is 5. The molecule has 0 bridgehead atoms. The van der Waals surface area contributed by atoms with Crippen molar-refractivity contribution >= 4 is 11.1 Å². The summed E-state index contributed by atoms with van der Waals surface area (Å²) in [5.74, 6) is 2.72. The van der Waals surface area contributed by atoms with Crippen LogP contribution in [0.1, 0.15) is 69.9 Å². The van der Waals surface area contributed by atoms with Crippen LogP contribution < -0.4 is 0 Å². The van der Waals surface area contributed by atoms with E-state index in [0.717, 1.165) is 6.42 Å². The number of terminal acetylenes is 1. The molecule has 1 aromatic carbocycles. The van der Waals surface area contributed by atoms with Crippen molar-refractivity contribution in [3.05, 3.63) is 47.0 Å². The Labute approximate surface area is 130 Å². The second-order valence-corrected chi connectivity index (χ2v) is 6.10. The van der Waals surface area contributed by atoms with E-state index in [-0.39, 0.29) is 0 Å². The molecule has 0 unspecified atom stereocenters. The molecule has 0 spiro atoms. The zero-order valence-corrected chi connectivity index (χ0v) is 13.4. The molecule has 0 heteroatoms. The van der Waals surface area contributed by atoms with Crippen molar-refractivity contribution < 1.29 is 0 Å². The third-order valence-electron chi connectivity index (χ3n) is 4.19. The van der Waals surface area contributed by atoms with Crippen LogP contribution in [-0.2, 0) is 0 Å². The average Bonchev–Trinajstić information content (AvgIpc) is 2.86. The van der Waals surface area contributed by atoms with Crippen molar-refractivity contribution in [2.75, 3.05) is 0 Å². The SMILES string of the molecule is C#CCCCCCCCC1=CC(=C(C)C)c2ccccc21. The van der Waals surface area contributed by atoms with Gasteiger partial charge in [-0.3, -0.25) is 0 Å². The van der Waals surface area contributed by atoms with Crippen LogP contribution in [-0.4, -0.2) is 0 Å². The molecule has 0 heterocycles. The van der Waals surface area contributed by atoms with E-state index in [9.17, 15) is 0 Å². The molecule has 0 saturated heterocycles. The minimum absolute atomic E-state index is 0.933. The molecule has 1 aliphatic rings. The van der Waals surface area contributed by atoms with E-state index >= 15 is 0 Å². The first-order chi connectivity index (χ1) is 10.2. The highest BCUT2D eigenvalue weighted by Crippen LogP contribution is 2.39. The maximum Gasteiger partial charge on any atom is 0.00860 e. The highest BCUT2D eigenvalue weighted by atomic mass is 14.2. The topological polar surface area (TPSA) is 0 Å². The van der Waals surface area contributed by atoms with Crippen LogP contribution in [0.3, 0.4) is 0 Å². The second-order valence-electron chi connectivity index (χ2n) is 6.10. The summed E-state index contributed by atoms with van der Waals surface area (Å²) < 4.78 is 0. The van der Waals surface area contributed by atoms with Gasteiger partial charge in [0.05, 0.1) is 0 Å². The summed E-state index contributed by atoms with van der Waals surface area (Å²) in [5, 5.41) is 0. The van der Waals surface area contributed by atoms with E-state index in [1.165, 1.54) is 66.4 Å². The van der Waals surface area contributed by atoms with Crippen LogP contribution in [0.5, 0.6) is 0 Å². The van der Waals surface area contributed by atoms with E-state index in [1.807, 2.05) is 0 Å². The lowest BCUT2D eigenvalue weighted by atomic mass is 9.99. The number of rotatable bonds is 7. The van der Waals surface area contributed by atoms with Crippen LogP contribution in [0.15, 0.2) is 35.9 Å². The van der Waals surface area contributed by atoms with Gasteiger partial charge in [-0.2, -0.15) is 0 Å². The minimum atomic E-state index is 0.933. The molecule has 110 valence electrons. The summed E-state index contributed by atoms with van der Waals surface area (Å²) in [4.78, 5) is 0. The Hall–Kier alpha value is -1.74. The van der Waals surface area contributed by atoms with Gasteiger partial charge in [-0.1, -0.05) is 55.2 Å². The largest absolute Gasteiger partial charge is 0.120 e. The smallest absolute Gasteiger partial charge is 0.00860 e. The number of hydrogen-bond acceptors (Lipinski definition) is 0. The van der Waals surface area contributed by atoms with Crippen molar-refractivity contribution in [2.24, 2.45) is 0 Å². The fourth-order valence-corrected chi connectivity index (χ4v) is 3.02. The van der Waals surface area contributed by atoms with E-state index in [0.29, 0.717) is 0 Å².